The first kappa shape index (κ1) is 30.0. The van der Waals surface area contributed by atoms with Crippen LogP contribution in [0.15, 0.2) is 0 Å². The molecule has 0 saturated carbocycles. The first-order valence-corrected chi connectivity index (χ1v) is 10.6. The van der Waals surface area contributed by atoms with E-state index in [1.807, 2.05) is 0 Å². The second-order valence-electron chi connectivity index (χ2n) is 8.09. The Morgan fingerprint density at radius 2 is 1.67 bits per heavy atom. The zero-order chi connectivity index (χ0) is 25.0. The van der Waals surface area contributed by atoms with Crippen LogP contribution in [0.25, 0.3) is 0 Å². The van der Waals surface area contributed by atoms with Crippen molar-refractivity contribution in [3.8, 4) is 0 Å². The Labute approximate surface area is 191 Å². The van der Waals surface area contributed by atoms with Crippen LogP contribution in [0, 0.1) is 0 Å². The fourth-order valence-electron chi connectivity index (χ4n) is 3.75. The minimum atomic E-state index is -1.72. The molecule has 196 valence electrons. The number of nitrogens with zero attached hydrogens (tertiary/aromatic N) is 1. The van der Waals surface area contributed by atoms with E-state index in [2.05, 4.69) is 0 Å². The summed E-state index contributed by atoms with van der Waals surface area (Å²) in [6, 6.07) is 0. The van der Waals surface area contributed by atoms with Gasteiger partial charge in [0.2, 0.25) is 0 Å². The monoisotopic (exact) mass is 487 g/mol. The molecule has 1 rings (SSSR count). The highest BCUT2D eigenvalue weighted by molar-refractivity contribution is 5.65. The lowest BCUT2D eigenvalue weighted by molar-refractivity contribution is -0.926. The van der Waals surface area contributed by atoms with Crippen molar-refractivity contribution in [3.05, 3.63) is 0 Å². The lowest BCUT2D eigenvalue weighted by Crippen LogP contribution is -2.61. The summed E-state index contributed by atoms with van der Waals surface area (Å²) in [5.41, 5.74) is 0. The highest BCUT2D eigenvalue weighted by Crippen LogP contribution is 2.23. The van der Waals surface area contributed by atoms with Crippen molar-refractivity contribution in [1.82, 2.24) is 0 Å². The van der Waals surface area contributed by atoms with Crippen LogP contribution < -0.4 is 5.11 Å². The minimum Gasteiger partial charge on any atom is -0.544 e. The molecular formula is C19H37NO13. The van der Waals surface area contributed by atoms with E-state index < -0.39 is 75.2 Å². The van der Waals surface area contributed by atoms with Crippen LogP contribution in [-0.4, -0.2) is 162 Å². The number of rotatable bonds is 17. The maximum Gasteiger partial charge on any atom is 0.184 e. The molecule has 0 aromatic rings. The van der Waals surface area contributed by atoms with Gasteiger partial charge < -0.3 is 69.1 Å². The molecule has 14 heteroatoms. The molecule has 14 nitrogen and oxygen atoms in total. The molecule has 1 aliphatic heterocycles. The van der Waals surface area contributed by atoms with Gasteiger partial charge in [-0.25, -0.2) is 0 Å². The first-order valence-electron chi connectivity index (χ1n) is 10.6. The molecule has 0 aromatic heterocycles. The Balaban J connectivity index is 2.71. The number of carbonyl (C=O) groups excluding carboxylic acids is 1. The summed E-state index contributed by atoms with van der Waals surface area (Å²) in [4.78, 5) is 11.1. The van der Waals surface area contributed by atoms with Gasteiger partial charge >= 0.3 is 0 Å². The molecule has 0 bridgehead atoms. The lowest BCUT2D eigenvalue weighted by atomic mass is 9.99. The topological polar surface area (TPSA) is 219 Å². The summed E-state index contributed by atoms with van der Waals surface area (Å²) in [5, 5.41) is 80.3. The number of carbonyl (C=O) groups is 1. The molecule has 0 amide bonds. The summed E-state index contributed by atoms with van der Waals surface area (Å²) in [6.07, 6.45) is -9.54. The molecule has 0 aromatic carbocycles. The number of quaternary nitrogens is 1. The van der Waals surface area contributed by atoms with Crippen molar-refractivity contribution in [3.63, 3.8) is 0 Å². The van der Waals surface area contributed by atoms with E-state index in [1.54, 1.807) is 0 Å². The standard InChI is InChI=1S/C19H37NO13/c1-30-8-13(24)9-31-11-14-16(27)18(17(28)19(29)33-14)32-10-12(23)6-20(2-4-21,3-5-22)7-15(25)26/h12-14,16-19,21-24,27-29H,2-11H2,1H3. The number of aliphatic hydroxyl groups is 7. The molecule has 7 N–H and O–H groups in total. The van der Waals surface area contributed by atoms with Crippen LogP contribution >= 0.6 is 0 Å². The van der Waals surface area contributed by atoms with Gasteiger partial charge in [-0.2, -0.15) is 0 Å². The minimum absolute atomic E-state index is 0.0313. The van der Waals surface area contributed by atoms with E-state index >= 15 is 0 Å². The number of hydrogen-bond donors (Lipinski definition) is 7. The number of ether oxygens (including phenoxy) is 4. The summed E-state index contributed by atoms with van der Waals surface area (Å²) in [7, 11) is 1.40. The van der Waals surface area contributed by atoms with Gasteiger partial charge in [-0.3, -0.25) is 0 Å². The summed E-state index contributed by atoms with van der Waals surface area (Å²) < 4.78 is 20.2. The molecule has 1 fully saturated rings. The highest BCUT2D eigenvalue weighted by atomic mass is 16.7. The SMILES string of the molecule is COCC(O)COCC1OC(O)C(O)C(OCC(O)C[N+](CCO)(CCO)CC(=O)[O-])C1O. The van der Waals surface area contributed by atoms with Crippen LogP contribution in [0.3, 0.4) is 0 Å². The Bertz CT molecular complexity index is 548. The predicted octanol–water partition coefficient (Wildman–Crippen LogP) is -6.25. The van der Waals surface area contributed by atoms with Crippen LogP contribution in [-0.2, 0) is 23.7 Å². The molecule has 1 saturated heterocycles. The molecule has 7 unspecified atom stereocenters. The van der Waals surface area contributed by atoms with Crippen molar-refractivity contribution in [2.24, 2.45) is 0 Å². The number of methoxy groups -OCH3 is 1. The van der Waals surface area contributed by atoms with Gasteiger partial charge in [-0.15, -0.1) is 0 Å². The van der Waals surface area contributed by atoms with E-state index in [9.17, 15) is 45.6 Å². The van der Waals surface area contributed by atoms with Crippen LogP contribution in [0.4, 0.5) is 0 Å². The smallest absolute Gasteiger partial charge is 0.184 e. The third kappa shape index (κ3) is 10.0. The maximum atomic E-state index is 11.1. The second kappa shape index (κ2) is 15.1. The van der Waals surface area contributed by atoms with Crippen molar-refractivity contribution >= 4 is 5.97 Å². The summed E-state index contributed by atoms with van der Waals surface area (Å²) in [6.45, 7) is -2.52. The van der Waals surface area contributed by atoms with E-state index in [0.717, 1.165) is 0 Å². The van der Waals surface area contributed by atoms with Crippen LogP contribution in [0.1, 0.15) is 0 Å². The van der Waals surface area contributed by atoms with Crippen LogP contribution in [0.2, 0.25) is 0 Å². The number of carboxylic acid groups (broad SMARTS) is 1. The first-order chi connectivity index (χ1) is 15.6. The Morgan fingerprint density at radius 3 is 2.21 bits per heavy atom. The Hall–Kier alpha value is -1.01. The molecule has 0 aliphatic carbocycles. The average molecular weight is 487 g/mol. The molecule has 0 radical (unpaired) electrons. The van der Waals surface area contributed by atoms with Crippen molar-refractivity contribution in [2.45, 2.75) is 42.9 Å². The van der Waals surface area contributed by atoms with Gasteiger partial charge in [0.05, 0.1) is 45.6 Å². The molecule has 33 heavy (non-hydrogen) atoms. The Morgan fingerprint density at radius 1 is 1.03 bits per heavy atom. The van der Waals surface area contributed by atoms with E-state index in [1.165, 1.54) is 7.11 Å². The van der Waals surface area contributed by atoms with E-state index in [-0.39, 0.29) is 43.9 Å². The second-order valence-corrected chi connectivity index (χ2v) is 8.09. The normalized spacial score (nSPS) is 27.9. The van der Waals surface area contributed by atoms with Gasteiger partial charge in [0, 0.05) is 7.11 Å². The molecular weight excluding hydrogens is 450 g/mol. The van der Waals surface area contributed by atoms with E-state index in [0.29, 0.717) is 0 Å². The fourth-order valence-corrected chi connectivity index (χ4v) is 3.75. The zero-order valence-corrected chi connectivity index (χ0v) is 18.6. The quantitative estimate of drug-likeness (QED) is 0.0951. The summed E-state index contributed by atoms with van der Waals surface area (Å²) in [5.74, 6) is -1.43. The van der Waals surface area contributed by atoms with Crippen molar-refractivity contribution < 1.29 is 69.1 Å². The third-order valence-electron chi connectivity index (χ3n) is 5.30. The van der Waals surface area contributed by atoms with Gasteiger partial charge in [-0.05, 0) is 0 Å². The number of aliphatic carboxylic acids is 1. The highest BCUT2D eigenvalue weighted by Gasteiger charge is 2.45. The molecule has 1 aliphatic rings. The van der Waals surface area contributed by atoms with E-state index in [4.69, 9.17) is 18.9 Å². The van der Waals surface area contributed by atoms with Crippen LogP contribution in [0.5, 0.6) is 0 Å². The van der Waals surface area contributed by atoms with Gasteiger partial charge in [-0.1, -0.05) is 0 Å². The molecule has 1 heterocycles. The zero-order valence-electron chi connectivity index (χ0n) is 18.6. The molecule has 0 spiro atoms. The lowest BCUT2D eigenvalue weighted by Gasteiger charge is -2.42. The maximum absolute atomic E-state index is 11.1. The van der Waals surface area contributed by atoms with Crippen molar-refractivity contribution in [1.29, 1.82) is 0 Å². The number of aliphatic hydroxyl groups excluding tert-OH is 7. The van der Waals surface area contributed by atoms with Gasteiger partial charge in [0.1, 0.15) is 62.8 Å². The predicted molar refractivity (Wildman–Crippen MR) is 106 cm³/mol. The third-order valence-corrected chi connectivity index (χ3v) is 5.30. The molecule has 7 atom stereocenters. The van der Waals surface area contributed by atoms with Gasteiger partial charge in [0.25, 0.3) is 0 Å². The van der Waals surface area contributed by atoms with Gasteiger partial charge in [0.15, 0.2) is 6.29 Å². The summed E-state index contributed by atoms with van der Waals surface area (Å²) >= 11 is 0. The Kier molecular flexibility index (Phi) is 13.7. The fraction of sp³-hybridized carbons (Fsp3) is 0.947. The largest absolute Gasteiger partial charge is 0.544 e. The number of hydrogen-bond acceptors (Lipinski definition) is 13. The number of carboxylic acids is 1. The van der Waals surface area contributed by atoms with Crippen molar-refractivity contribution in [2.75, 3.05) is 72.9 Å². The average Bonchev–Trinajstić information content (AvgIpc) is 2.71.